The van der Waals surface area contributed by atoms with Crippen LogP contribution >= 0.6 is 0 Å². The highest BCUT2D eigenvalue weighted by Crippen LogP contribution is 2.27. The lowest BCUT2D eigenvalue weighted by molar-refractivity contribution is 0.0694. The molecule has 0 unspecified atom stereocenters. The fraction of sp³-hybridized carbons (Fsp3) is 0.333. The molecule has 2 aromatic rings. The summed E-state index contributed by atoms with van der Waals surface area (Å²) in [5.74, 6) is -3.64. The van der Waals surface area contributed by atoms with Crippen molar-refractivity contribution >= 4 is 22.6 Å². The molecular weight excluding hydrogens is 327 g/mol. The number of carbonyl (C=O) groups is 1. The number of hydrogen-bond acceptors (Lipinski definition) is 4. The first-order chi connectivity index (χ1) is 11.4. The predicted molar refractivity (Wildman–Crippen MR) is 83.5 cm³/mol. The number of nitrogens with zero attached hydrogens (tertiary/aromatic N) is 1. The number of carboxylic acid groups (broad SMARTS) is 1. The van der Waals surface area contributed by atoms with Crippen molar-refractivity contribution in [2.75, 3.05) is 32.1 Å². The van der Waals surface area contributed by atoms with Crippen LogP contribution in [0.15, 0.2) is 17.1 Å². The standard InChI is InChI=1S/C15H16F3N3O3/c1-19-3-4-20-12-10(17)6-8-13(11(12)18)21(5-2-16)7-9(14(8)22)15(23)24/h6-7,19-20H,2-5H2,1H3,(H,23,24). The molecule has 0 aliphatic rings. The third-order valence-electron chi connectivity index (χ3n) is 3.49. The van der Waals surface area contributed by atoms with Crippen LogP contribution in [0.1, 0.15) is 10.4 Å². The zero-order valence-electron chi connectivity index (χ0n) is 12.8. The quantitative estimate of drug-likeness (QED) is 0.665. The summed E-state index contributed by atoms with van der Waals surface area (Å²) in [6, 6.07) is 0.767. The summed E-state index contributed by atoms with van der Waals surface area (Å²) in [7, 11) is 1.67. The number of fused-ring (bicyclic) bond motifs is 1. The van der Waals surface area contributed by atoms with Crippen molar-refractivity contribution in [2.45, 2.75) is 6.54 Å². The van der Waals surface area contributed by atoms with Crippen LogP contribution in [-0.4, -0.2) is 42.5 Å². The molecule has 9 heteroatoms. The van der Waals surface area contributed by atoms with Crippen LogP contribution in [0.25, 0.3) is 10.9 Å². The minimum absolute atomic E-state index is 0.219. The molecule has 0 aliphatic carbocycles. The molecule has 1 aromatic carbocycles. The number of carboxylic acids is 1. The van der Waals surface area contributed by atoms with Crippen molar-refractivity contribution in [3.05, 3.63) is 39.7 Å². The second-order valence-corrected chi connectivity index (χ2v) is 5.03. The number of aromatic nitrogens is 1. The number of hydrogen-bond donors (Lipinski definition) is 3. The Labute approximate surface area is 134 Å². The zero-order valence-corrected chi connectivity index (χ0v) is 12.8. The summed E-state index contributed by atoms with van der Waals surface area (Å²) in [4.78, 5) is 23.3. The Kier molecular flexibility index (Phi) is 5.45. The molecule has 0 aliphatic heterocycles. The molecule has 0 amide bonds. The van der Waals surface area contributed by atoms with Gasteiger partial charge in [0.2, 0.25) is 5.43 Å². The molecule has 0 spiro atoms. The second kappa shape index (κ2) is 7.35. The first-order valence-electron chi connectivity index (χ1n) is 7.15. The minimum Gasteiger partial charge on any atom is -0.477 e. The van der Waals surface area contributed by atoms with Gasteiger partial charge in [0.15, 0.2) is 5.82 Å². The molecular formula is C15H16F3N3O3. The minimum atomic E-state index is -1.55. The highest BCUT2D eigenvalue weighted by molar-refractivity contribution is 5.93. The molecule has 2 rings (SSSR count). The smallest absolute Gasteiger partial charge is 0.341 e. The lowest BCUT2D eigenvalue weighted by atomic mass is 10.1. The summed E-state index contributed by atoms with van der Waals surface area (Å²) in [5.41, 5.74) is -2.48. The number of halogens is 3. The molecule has 1 aromatic heterocycles. The molecule has 6 nitrogen and oxygen atoms in total. The van der Waals surface area contributed by atoms with E-state index in [2.05, 4.69) is 10.6 Å². The van der Waals surface area contributed by atoms with Crippen molar-refractivity contribution in [1.82, 2.24) is 9.88 Å². The zero-order chi connectivity index (χ0) is 17.9. The Morgan fingerprint density at radius 3 is 2.62 bits per heavy atom. The largest absolute Gasteiger partial charge is 0.477 e. The van der Waals surface area contributed by atoms with Crippen LogP contribution in [0.3, 0.4) is 0 Å². The van der Waals surface area contributed by atoms with Crippen molar-refractivity contribution in [2.24, 2.45) is 0 Å². The fourth-order valence-electron chi connectivity index (χ4n) is 2.38. The van der Waals surface area contributed by atoms with E-state index >= 15 is 0 Å². The Bertz CT molecular complexity index is 836. The first-order valence-corrected chi connectivity index (χ1v) is 7.15. The summed E-state index contributed by atoms with van der Waals surface area (Å²) in [5, 5.41) is 14.0. The van der Waals surface area contributed by atoms with Gasteiger partial charge in [0, 0.05) is 19.3 Å². The van der Waals surface area contributed by atoms with Gasteiger partial charge in [-0.15, -0.1) is 0 Å². The third kappa shape index (κ3) is 3.21. The van der Waals surface area contributed by atoms with Crippen LogP contribution in [0.5, 0.6) is 0 Å². The van der Waals surface area contributed by atoms with Gasteiger partial charge < -0.3 is 20.3 Å². The number of anilines is 1. The van der Waals surface area contributed by atoms with E-state index in [0.29, 0.717) is 6.54 Å². The van der Waals surface area contributed by atoms with Crippen LogP contribution in [0, 0.1) is 11.6 Å². The number of nitrogens with one attached hydrogen (secondary N) is 2. The molecule has 1 heterocycles. The Balaban J connectivity index is 2.76. The second-order valence-electron chi connectivity index (χ2n) is 5.03. The van der Waals surface area contributed by atoms with Gasteiger partial charge in [-0.3, -0.25) is 4.79 Å². The number of likely N-dealkylation sites (N-methyl/N-ethyl adjacent to an activating group) is 1. The molecule has 0 saturated heterocycles. The fourth-order valence-corrected chi connectivity index (χ4v) is 2.38. The van der Waals surface area contributed by atoms with Crippen molar-refractivity contribution in [3.63, 3.8) is 0 Å². The van der Waals surface area contributed by atoms with Gasteiger partial charge in [0.05, 0.1) is 17.4 Å². The van der Waals surface area contributed by atoms with E-state index in [1.54, 1.807) is 7.05 Å². The first kappa shape index (κ1) is 17.8. The molecule has 3 N–H and O–H groups in total. The van der Waals surface area contributed by atoms with Crippen LogP contribution in [0.4, 0.5) is 18.9 Å². The lowest BCUT2D eigenvalue weighted by Crippen LogP contribution is -2.22. The normalized spacial score (nSPS) is 11.0. The average Bonchev–Trinajstić information content (AvgIpc) is 2.53. The van der Waals surface area contributed by atoms with E-state index in [-0.39, 0.29) is 18.6 Å². The molecule has 0 saturated carbocycles. The molecule has 130 valence electrons. The van der Waals surface area contributed by atoms with Gasteiger partial charge in [0.25, 0.3) is 0 Å². The van der Waals surface area contributed by atoms with Gasteiger partial charge in [-0.25, -0.2) is 18.0 Å². The van der Waals surface area contributed by atoms with Crippen molar-refractivity contribution < 1.29 is 23.1 Å². The van der Waals surface area contributed by atoms with E-state index in [9.17, 15) is 22.8 Å². The number of pyridine rings is 1. The van der Waals surface area contributed by atoms with Crippen molar-refractivity contribution in [1.29, 1.82) is 0 Å². The Morgan fingerprint density at radius 2 is 2.04 bits per heavy atom. The molecule has 0 atom stereocenters. The summed E-state index contributed by atoms with van der Waals surface area (Å²) >= 11 is 0. The predicted octanol–water partition coefficient (Wildman–Crippen LogP) is 1.58. The molecule has 0 fully saturated rings. The van der Waals surface area contributed by atoms with E-state index in [4.69, 9.17) is 5.11 Å². The average molecular weight is 343 g/mol. The number of rotatable bonds is 7. The maximum atomic E-state index is 14.7. The van der Waals surface area contributed by atoms with E-state index in [1.807, 2.05) is 0 Å². The summed E-state index contributed by atoms with van der Waals surface area (Å²) in [6.45, 7) is -0.617. The highest BCUT2D eigenvalue weighted by Gasteiger charge is 2.21. The highest BCUT2D eigenvalue weighted by atomic mass is 19.1. The number of alkyl halides is 1. The molecule has 0 bridgehead atoms. The maximum Gasteiger partial charge on any atom is 0.341 e. The van der Waals surface area contributed by atoms with Gasteiger partial charge in [-0.2, -0.15) is 0 Å². The lowest BCUT2D eigenvalue weighted by Gasteiger charge is -2.15. The van der Waals surface area contributed by atoms with Gasteiger partial charge in [-0.1, -0.05) is 0 Å². The molecule has 0 radical (unpaired) electrons. The van der Waals surface area contributed by atoms with E-state index in [0.717, 1.165) is 16.8 Å². The third-order valence-corrected chi connectivity index (χ3v) is 3.49. The van der Waals surface area contributed by atoms with Crippen LogP contribution in [0.2, 0.25) is 0 Å². The Morgan fingerprint density at radius 1 is 1.33 bits per heavy atom. The summed E-state index contributed by atoms with van der Waals surface area (Å²) < 4.78 is 42.6. The van der Waals surface area contributed by atoms with E-state index in [1.165, 1.54) is 0 Å². The topological polar surface area (TPSA) is 83.4 Å². The maximum absolute atomic E-state index is 14.7. The Hall–Kier alpha value is -2.55. The monoisotopic (exact) mass is 343 g/mol. The van der Waals surface area contributed by atoms with Crippen LogP contribution in [-0.2, 0) is 6.54 Å². The van der Waals surface area contributed by atoms with Gasteiger partial charge in [-0.05, 0) is 13.1 Å². The molecule has 24 heavy (non-hydrogen) atoms. The van der Waals surface area contributed by atoms with Gasteiger partial charge >= 0.3 is 5.97 Å². The number of benzene rings is 1. The summed E-state index contributed by atoms with van der Waals surface area (Å²) in [6.07, 6.45) is 0.866. The SMILES string of the molecule is CNCCNc1c(F)cc2c(=O)c(C(=O)O)cn(CCF)c2c1F. The van der Waals surface area contributed by atoms with Gasteiger partial charge in [0.1, 0.15) is 23.7 Å². The van der Waals surface area contributed by atoms with Crippen molar-refractivity contribution in [3.8, 4) is 0 Å². The van der Waals surface area contributed by atoms with E-state index < -0.39 is 46.3 Å². The number of aromatic carboxylic acids is 1. The number of aryl methyl sites for hydroxylation is 1. The van der Waals surface area contributed by atoms with Crippen LogP contribution < -0.4 is 16.1 Å².